The fraction of sp³-hybridized carbons (Fsp3) is 0.286. The molecule has 29 heavy (non-hydrogen) atoms. The van der Waals surface area contributed by atoms with Crippen LogP contribution in [0.25, 0.3) is 0 Å². The van der Waals surface area contributed by atoms with E-state index in [2.05, 4.69) is 10.6 Å². The Morgan fingerprint density at radius 2 is 1.69 bits per heavy atom. The quantitative estimate of drug-likeness (QED) is 0.833. The predicted molar refractivity (Wildman–Crippen MR) is 108 cm³/mol. The second kappa shape index (κ2) is 9.17. The van der Waals surface area contributed by atoms with Gasteiger partial charge >= 0.3 is 6.03 Å². The first-order chi connectivity index (χ1) is 14.0. The number of benzene rings is 2. The van der Waals surface area contributed by atoms with E-state index in [-0.39, 0.29) is 11.9 Å². The summed E-state index contributed by atoms with van der Waals surface area (Å²) < 4.78 is 13.3. The second-order valence-corrected chi connectivity index (χ2v) is 6.82. The van der Waals surface area contributed by atoms with Gasteiger partial charge < -0.3 is 15.5 Å². The van der Waals surface area contributed by atoms with E-state index in [1.165, 1.54) is 12.1 Å². The summed E-state index contributed by atoms with van der Waals surface area (Å²) in [6.45, 7) is 3.83. The molecule has 0 saturated carbocycles. The van der Waals surface area contributed by atoms with Crippen LogP contribution in [0.2, 0.25) is 0 Å². The Bertz CT molecular complexity index is 935. The van der Waals surface area contributed by atoms with E-state index in [0.717, 1.165) is 0 Å². The Kier molecular flexibility index (Phi) is 6.42. The van der Waals surface area contributed by atoms with Crippen LogP contribution in [0.4, 0.5) is 20.6 Å². The molecule has 1 aliphatic heterocycles. The van der Waals surface area contributed by atoms with Gasteiger partial charge in [-0.1, -0.05) is 12.1 Å². The van der Waals surface area contributed by atoms with E-state index < -0.39 is 11.9 Å². The monoisotopic (exact) mass is 395 g/mol. The van der Waals surface area contributed by atoms with Crippen LogP contribution in [0.3, 0.4) is 0 Å². The van der Waals surface area contributed by atoms with Gasteiger partial charge in [-0.05, 0) is 43.3 Å². The largest absolute Gasteiger partial charge is 0.325 e. The first kappa shape index (κ1) is 20.3. The minimum atomic E-state index is -0.407. The first-order valence-electron chi connectivity index (χ1n) is 9.33. The van der Waals surface area contributed by atoms with Crippen LogP contribution in [-0.2, 0) is 4.79 Å². The number of urea groups is 1. The van der Waals surface area contributed by atoms with E-state index >= 15 is 0 Å². The lowest BCUT2D eigenvalue weighted by Gasteiger charge is -2.37. The highest BCUT2D eigenvalue weighted by atomic mass is 19.1. The number of halogens is 1. The van der Waals surface area contributed by atoms with Gasteiger partial charge in [-0.25, -0.2) is 9.18 Å². The molecule has 2 N–H and O–H groups in total. The maximum absolute atomic E-state index is 13.3. The molecule has 0 aromatic heterocycles. The van der Waals surface area contributed by atoms with Crippen molar-refractivity contribution in [2.24, 2.45) is 0 Å². The van der Waals surface area contributed by atoms with Gasteiger partial charge in [0.15, 0.2) is 0 Å². The van der Waals surface area contributed by atoms with E-state index in [9.17, 15) is 14.0 Å². The third-order valence-corrected chi connectivity index (χ3v) is 4.86. The zero-order chi connectivity index (χ0) is 20.8. The van der Waals surface area contributed by atoms with Crippen LogP contribution in [0, 0.1) is 17.1 Å². The fourth-order valence-electron chi connectivity index (χ4n) is 3.16. The highest BCUT2D eigenvalue weighted by Crippen LogP contribution is 2.14. The number of hydrogen-bond donors (Lipinski definition) is 2. The summed E-state index contributed by atoms with van der Waals surface area (Å²) in [7, 11) is 0. The van der Waals surface area contributed by atoms with Crippen molar-refractivity contribution in [3.63, 3.8) is 0 Å². The standard InChI is InChI=1S/C21H22FN5O2/c1-15(20(28)24-19-7-3-5-17(22)13-19)26-8-10-27(11-9-26)21(29)25-18-6-2-4-16(12-18)14-23/h2-7,12-13,15H,8-11H2,1H3,(H,24,28)(H,25,29)/t15-/m1/s1. The Labute approximate surface area is 168 Å². The Balaban J connectivity index is 1.50. The van der Waals surface area contributed by atoms with Crippen LogP contribution in [0.15, 0.2) is 48.5 Å². The molecule has 1 saturated heterocycles. The number of carbonyl (C=O) groups excluding carboxylic acids is 2. The molecule has 3 amide bonds. The molecule has 1 fully saturated rings. The van der Waals surface area contributed by atoms with Crippen molar-refractivity contribution in [2.75, 3.05) is 36.8 Å². The van der Waals surface area contributed by atoms with Gasteiger partial charge in [0, 0.05) is 37.6 Å². The van der Waals surface area contributed by atoms with E-state index in [1.54, 1.807) is 48.2 Å². The number of nitrogens with one attached hydrogen (secondary N) is 2. The van der Waals surface area contributed by atoms with Crippen molar-refractivity contribution < 1.29 is 14.0 Å². The molecule has 8 heteroatoms. The lowest BCUT2D eigenvalue weighted by Crippen LogP contribution is -2.54. The van der Waals surface area contributed by atoms with Crippen molar-refractivity contribution in [2.45, 2.75) is 13.0 Å². The summed E-state index contributed by atoms with van der Waals surface area (Å²) >= 11 is 0. The number of anilines is 2. The van der Waals surface area contributed by atoms with Crippen LogP contribution in [0.1, 0.15) is 12.5 Å². The third kappa shape index (κ3) is 5.30. The summed E-state index contributed by atoms with van der Waals surface area (Å²) in [5.74, 6) is -0.628. The van der Waals surface area contributed by atoms with Crippen molar-refractivity contribution in [3.05, 3.63) is 59.9 Å². The van der Waals surface area contributed by atoms with Crippen LogP contribution in [-0.4, -0.2) is 54.0 Å². The SMILES string of the molecule is C[C@H](C(=O)Nc1cccc(F)c1)N1CCN(C(=O)Nc2cccc(C#N)c2)CC1. The second-order valence-electron chi connectivity index (χ2n) is 6.82. The third-order valence-electron chi connectivity index (χ3n) is 4.86. The van der Waals surface area contributed by atoms with Gasteiger partial charge in [0.25, 0.3) is 0 Å². The lowest BCUT2D eigenvalue weighted by molar-refractivity contribution is -0.121. The van der Waals surface area contributed by atoms with E-state index in [4.69, 9.17) is 5.26 Å². The normalized spacial score (nSPS) is 15.3. The smallest absolute Gasteiger partial charge is 0.321 e. The predicted octanol–water partition coefficient (Wildman–Crippen LogP) is 2.87. The molecule has 3 rings (SSSR count). The molecular formula is C21H22FN5O2. The van der Waals surface area contributed by atoms with Gasteiger partial charge in [0.2, 0.25) is 5.91 Å². The van der Waals surface area contributed by atoms with Crippen LogP contribution >= 0.6 is 0 Å². The molecule has 1 heterocycles. The molecule has 1 aliphatic rings. The Morgan fingerprint density at radius 3 is 2.34 bits per heavy atom. The summed E-state index contributed by atoms with van der Waals surface area (Å²) in [4.78, 5) is 28.5. The first-order valence-corrected chi connectivity index (χ1v) is 9.33. The number of nitriles is 1. The van der Waals surface area contributed by atoms with Crippen molar-refractivity contribution in [1.82, 2.24) is 9.80 Å². The highest BCUT2D eigenvalue weighted by molar-refractivity contribution is 5.94. The number of amides is 3. The van der Waals surface area contributed by atoms with E-state index in [1.807, 2.05) is 11.0 Å². The highest BCUT2D eigenvalue weighted by Gasteiger charge is 2.27. The van der Waals surface area contributed by atoms with Gasteiger partial charge in [0.1, 0.15) is 5.82 Å². The molecule has 0 bridgehead atoms. The number of rotatable bonds is 4. The minimum Gasteiger partial charge on any atom is -0.325 e. The Hall–Kier alpha value is -3.44. The maximum Gasteiger partial charge on any atom is 0.321 e. The van der Waals surface area contributed by atoms with Crippen LogP contribution in [0.5, 0.6) is 0 Å². The molecule has 1 atom stereocenters. The minimum absolute atomic E-state index is 0.221. The molecule has 7 nitrogen and oxygen atoms in total. The van der Waals surface area contributed by atoms with Crippen molar-refractivity contribution >= 4 is 23.3 Å². The van der Waals surface area contributed by atoms with Crippen LogP contribution < -0.4 is 10.6 Å². The number of carbonyl (C=O) groups is 2. The summed E-state index contributed by atoms with van der Waals surface area (Å²) in [5, 5.41) is 14.5. The van der Waals surface area contributed by atoms with Gasteiger partial charge in [-0.3, -0.25) is 9.69 Å². The number of piperazine rings is 1. The fourth-order valence-corrected chi connectivity index (χ4v) is 3.16. The zero-order valence-electron chi connectivity index (χ0n) is 16.1. The number of hydrogen-bond acceptors (Lipinski definition) is 4. The molecule has 0 radical (unpaired) electrons. The molecule has 2 aromatic carbocycles. The van der Waals surface area contributed by atoms with Crippen molar-refractivity contribution in [1.29, 1.82) is 5.26 Å². The lowest BCUT2D eigenvalue weighted by atomic mass is 10.2. The molecule has 2 aromatic rings. The van der Waals surface area contributed by atoms with Crippen molar-refractivity contribution in [3.8, 4) is 6.07 Å². The molecule has 0 aliphatic carbocycles. The van der Waals surface area contributed by atoms with Gasteiger partial charge in [-0.2, -0.15) is 5.26 Å². The van der Waals surface area contributed by atoms with Gasteiger partial charge in [-0.15, -0.1) is 0 Å². The molecule has 0 spiro atoms. The average molecular weight is 395 g/mol. The zero-order valence-corrected chi connectivity index (χ0v) is 16.1. The molecular weight excluding hydrogens is 373 g/mol. The summed E-state index contributed by atoms with van der Waals surface area (Å²) in [5.41, 5.74) is 1.46. The molecule has 0 unspecified atom stereocenters. The Morgan fingerprint density at radius 1 is 1.03 bits per heavy atom. The summed E-state index contributed by atoms with van der Waals surface area (Å²) in [6.07, 6.45) is 0. The number of nitrogens with zero attached hydrogens (tertiary/aromatic N) is 3. The van der Waals surface area contributed by atoms with E-state index in [0.29, 0.717) is 43.1 Å². The molecule has 150 valence electrons. The topological polar surface area (TPSA) is 88.5 Å². The van der Waals surface area contributed by atoms with Gasteiger partial charge in [0.05, 0.1) is 17.7 Å². The average Bonchev–Trinajstić information content (AvgIpc) is 2.73. The summed E-state index contributed by atoms with van der Waals surface area (Å²) in [6, 6.07) is 13.9. The maximum atomic E-state index is 13.3.